The van der Waals surface area contributed by atoms with Gasteiger partial charge in [-0.05, 0) is 36.1 Å². The molecule has 0 bridgehead atoms. The van der Waals surface area contributed by atoms with Crippen LogP contribution in [0.25, 0.3) is 0 Å². The van der Waals surface area contributed by atoms with Gasteiger partial charge in [-0.3, -0.25) is 0 Å². The van der Waals surface area contributed by atoms with Gasteiger partial charge in [0.05, 0.1) is 12.7 Å². The van der Waals surface area contributed by atoms with E-state index < -0.39 is 0 Å². The molecule has 1 aromatic rings. The summed E-state index contributed by atoms with van der Waals surface area (Å²) in [5.74, 6) is 1.20. The van der Waals surface area contributed by atoms with E-state index in [2.05, 4.69) is 61.1 Å². The van der Waals surface area contributed by atoms with Crippen LogP contribution in [0.5, 0.6) is 0 Å². The van der Waals surface area contributed by atoms with E-state index in [-0.39, 0.29) is 6.10 Å². The smallest absolute Gasteiger partial charge is 0.0726 e. The molecule has 2 nitrogen and oxygen atoms in total. The lowest BCUT2D eigenvalue weighted by molar-refractivity contribution is 0.0110. The Bertz CT molecular complexity index is 366. The second kappa shape index (κ2) is 8.72. The maximum Gasteiger partial charge on any atom is 0.0726 e. The Balaban J connectivity index is 2.41. The maximum absolute atomic E-state index is 6.04. The minimum Gasteiger partial charge on any atom is -0.372 e. The Kier molecular flexibility index (Phi) is 7.66. The van der Waals surface area contributed by atoms with Gasteiger partial charge in [-0.2, -0.15) is 0 Å². The van der Waals surface area contributed by atoms with Crippen molar-refractivity contribution in [2.75, 3.05) is 13.1 Å². The molecule has 0 fully saturated rings. The van der Waals surface area contributed by atoms with Gasteiger partial charge in [0.1, 0.15) is 0 Å². The van der Waals surface area contributed by atoms with Crippen LogP contribution in [-0.2, 0) is 11.3 Å². The SMILES string of the molecule is CC(C)CNCC(OCc1cccc(Br)c1)C(C)C. The molecule has 0 aromatic heterocycles. The van der Waals surface area contributed by atoms with Crippen molar-refractivity contribution in [3.63, 3.8) is 0 Å². The highest BCUT2D eigenvalue weighted by Crippen LogP contribution is 2.14. The van der Waals surface area contributed by atoms with Crippen LogP contribution in [0, 0.1) is 11.8 Å². The van der Waals surface area contributed by atoms with Crippen molar-refractivity contribution < 1.29 is 4.74 Å². The van der Waals surface area contributed by atoms with E-state index in [1.807, 2.05) is 12.1 Å². The number of hydrogen-bond donors (Lipinski definition) is 1. The highest BCUT2D eigenvalue weighted by atomic mass is 79.9. The zero-order valence-electron chi connectivity index (χ0n) is 12.4. The van der Waals surface area contributed by atoms with Gasteiger partial charge >= 0.3 is 0 Å². The molecule has 108 valence electrons. The molecule has 0 spiro atoms. The molecule has 1 atom stereocenters. The van der Waals surface area contributed by atoms with Crippen LogP contribution < -0.4 is 5.32 Å². The van der Waals surface area contributed by atoms with E-state index in [1.165, 1.54) is 5.56 Å². The summed E-state index contributed by atoms with van der Waals surface area (Å²) < 4.78 is 7.15. The molecular formula is C16H26BrNO. The summed E-state index contributed by atoms with van der Waals surface area (Å²) >= 11 is 3.49. The van der Waals surface area contributed by atoms with Crippen molar-refractivity contribution in [2.24, 2.45) is 11.8 Å². The summed E-state index contributed by atoms with van der Waals surface area (Å²) in [6.45, 7) is 11.5. The van der Waals surface area contributed by atoms with Crippen molar-refractivity contribution in [3.8, 4) is 0 Å². The molecule has 1 rings (SSSR count). The highest BCUT2D eigenvalue weighted by Gasteiger charge is 2.13. The largest absolute Gasteiger partial charge is 0.372 e. The third kappa shape index (κ3) is 7.09. The average Bonchev–Trinajstić information content (AvgIpc) is 2.32. The zero-order valence-corrected chi connectivity index (χ0v) is 14.0. The number of nitrogens with one attached hydrogen (secondary N) is 1. The number of rotatable bonds is 8. The average molecular weight is 328 g/mol. The third-order valence-electron chi connectivity index (χ3n) is 2.99. The van der Waals surface area contributed by atoms with Crippen molar-refractivity contribution in [3.05, 3.63) is 34.3 Å². The predicted molar refractivity (Wildman–Crippen MR) is 85.3 cm³/mol. The molecular weight excluding hydrogens is 302 g/mol. The molecule has 0 aliphatic rings. The summed E-state index contributed by atoms with van der Waals surface area (Å²) in [6.07, 6.45) is 0.262. The van der Waals surface area contributed by atoms with Gasteiger partial charge in [0.2, 0.25) is 0 Å². The van der Waals surface area contributed by atoms with Gasteiger partial charge < -0.3 is 10.1 Å². The van der Waals surface area contributed by atoms with Gasteiger partial charge in [0.15, 0.2) is 0 Å². The third-order valence-corrected chi connectivity index (χ3v) is 3.49. The van der Waals surface area contributed by atoms with Crippen molar-refractivity contribution in [2.45, 2.75) is 40.4 Å². The molecule has 19 heavy (non-hydrogen) atoms. The van der Waals surface area contributed by atoms with Crippen molar-refractivity contribution >= 4 is 15.9 Å². The highest BCUT2D eigenvalue weighted by molar-refractivity contribution is 9.10. The minimum absolute atomic E-state index is 0.262. The topological polar surface area (TPSA) is 21.3 Å². The minimum atomic E-state index is 0.262. The van der Waals surface area contributed by atoms with Crippen LogP contribution in [-0.4, -0.2) is 19.2 Å². The van der Waals surface area contributed by atoms with E-state index in [0.717, 1.165) is 17.6 Å². The van der Waals surface area contributed by atoms with Crippen LogP contribution >= 0.6 is 15.9 Å². The Morgan fingerprint density at radius 1 is 1.16 bits per heavy atom. The summed E-state index contributed by atoms with van der Waals surface area (Å²) in [6, 6.07) is 8.29. The van der Waals surface area contributed by atoms with Crippen LogP contribution in [0.4, 0.5) is 0 Å². The molecule has 1 N–H and O–H groups in total. The first kappa shape index (κ1) is 16.7. The fourth-order valence-electron chi connectivity index (χ4n) is 1.83. The second-order valence-electron chi connectivity index (χ2n) is 5.78. The summed E-state index contributed by atoms with van der Waals surface area (Å²) in [4.78, 5) is 0. The first-order chi connectivity index (χ1) is 8.99. The van der Waals surface area contributed by atoms with Crippen molar-refractivity contribution in [1.82, 2.24) is 5.32 Å². The molecule has 1 aromatic carbocycles. The van der Waals surface area contributed by atoms with E-state index in [4.69, 9.17) is 4.74 Å². The quantitative estimate of drug-likeness (QED) is 0.771. The molecule has 0 heterocycles. The summed E-state index contributed by atoms with van der Waals surface area (Å²) in [5.41, 5.74) is 1.21. The Labute approximate surface area is 126 Å². The summed E-state index contributed by atoms with van der Waals surface area (Å²) in [7, 11) is 0. The lowest BCUT2D eigenvalue weighted by atomic mass is 10.1. The molecule has 0 saturated carbocycles. The second-order valence-corrected chi connectivity index (χ2v) is 6.69. The maximum atomic E-state index is 6.04. The van der Waals surface area contributed by atoms with Gasteiger partial charge in [-0.15, -0.1) is 0 Å². The van der Waals surface area contributed by atoms with Crippen LogP contribution in [0.1, 0.15) is 33.3 Å². The van der Waals surface area contributed by atoms with Gasteiger partial charge in [-0.25, -0.2) is 0 Å². The van der Waals surface area contributed by atoms with Crippen LogP contribution in [0.3, 0.4) is 0 Å². The zero-order chi connectivity index (χ0) is 14.3. The molecule has 0 saturated heterocycles. The predicted octanol–water partition coefficient (Wildman–Crippen LogP) is 4.24. The lowest BCUT2D eigenvalue weighted by Gasteiger charge is -2.22. The standard InChI is InChI=1S/C16H26BrNO/c1-12(2)9-18-10-16(13(3)4)19-11-14-6-5-7-15(17)8-14/h5-8,12-13,16,18H,9-11H2,1-4H3. The van der Waals surface area contributed by atoms with E-state index in [1.54, 1.807) is 0 Å². The normalized spacial score (nSPS) is 13.2. The number of halogens is 1. The molecule has 1 unspecified atom stereocenters. The van der Waals surface area contributed by atoms with Crippen LogP contribution in [0.15, 0.2) is 28.7 Å². The van der Waals surface area contributed by atoms with Crippen molar-refractivity contribution in [1.29, 1.82) is 0 Å². The monoisotopic (exact) mass is 327 g/mol. The van der Waals surface area contributed by atoms with Gasteiger partial charge in [0, 0.05) is 11.0 Å². The molecule has 0 aliphatic heterocycles. The van der Waals surface area contributed by atoms with E-state index in [0.29, 0.717) is 18.4 Å². The van der Waals surface area contributed by atoms with Crippen LogP contribution in [0.2, 0.25) is 0 Å². The molecule has 0 amide bonds. The Morgan fingerprint density at radius 2 is 1.89 bits per heavy atom. The molecule has 3 heteroatoms. The number of hydrogen-bond acceptors (Lipinski definition) is 2. The lowest BCUT2D eigenvalue weighted by Crippen LogP contribution is -2.34. The first-order valence-corrected chi connectivity index (χ1v) is 7.85. The molecule has 0 aliphatic carbocycles. The summed E-state index contributed by atoms with van der Waals surface area (Å²) in [5, 5.41) is 3.48. The first-order valence-electron chi connectivity index (χ1n) is 7.05. The Hall–Kier alpha value is -0.380. The van der Waals surface area contributed by atoms with Gasteiger partial charge in [-0.1, -0.05) is 55.8 Å². The number of ether oxygens (including phenoxy) is 1. The Morgan fingerprint density at radius 3 is 2.47 bits per heavy atom. The fourth-order valence-corrected chi connectivity index (χ4v) is 2.28. The number of benzene rings is 1. The van der Waals surface area contributed by atoms with Gasteiger partial charge in [0.25, 0.3) is 0 Å². The molecule has 0 radical (unpaired) electrons. The van der Waals surface area contributed by atoms with E-state index >= 15 is 0 Å². The van der Waals surface area contributed by atoms with E-state index in [9.17, 15) is 0 Å². The fraction of sp³-hybridized carbons (Fsp3) is 0.625.